The van der Waals surface area contributed by atoms with Crippen molar-refractivity contribution in [1.29, 1.82) is 0 Å². The van der Waals surface area contributed by atoms with E-state index in [1.54, 1.807) is 0 Å². The molecule has 1 rings (SSSR count). The number of ether oxygens (including phenoxy) is 2. The van der Waals surface area contributed by atoms with Crippen molar-refractivity contribution in [1.82, 2.24) is 4.90 Å². The Labute approximate surface area is 82.3 Å². The third-order valence-corrected chi connectivity index (χ3v) is 1.73. The molecule has 0 spiro atoms. The fourth-order valence-corrected chi connectivity index (χ4v) is 1.01. The molecule has 0 N–H and O–H groups in total. The van der Waals surface area contributed by atoms with E-state index in [-0.39, 0.29) is 25.2 Å². The van der Waals surface area contributed by atoms with Crippen LogP contribution in [-0.4, -0.2) is 43.3 Å². The molecule has 0 atom stereocenters. The maximum atomic E-state index is 11.0. The van der Waals surface area contributed by atoms with Crippen LogP contribution in [0, 0.1) is 0 Å². The SMILES string of the molecule is CCOCOCCN1C(=O)C=CC1=O. The average Bonchev–Trinajstić information content (AvgIpc) is 2.48. The minimum absolute atomic E-state index is 0.195. The Morgan fingerprint density at radius 1 is 1.21 bits per heavy atom. The number of hydrogen-bond acceptors (Lipinski definition) is 4. The summed E-state index contributed by atoms with van der Waals surface area (Å²) in [5, 5.41) is 0. The summed E-state index contributed by atoms with van der Waals surface area (Å²) < 4.78 is 9.96. The lowest BCUT2D eigenvalue weighted by Gasteiger charge is -2.13. The lowest BCUT2D eigenvalue weighted by Crippen LogP contribution is -2.33. The van der Waals surface area contributed by atoms with Crippen molar-refractivity contribution in [3.05, 3.63) is 12.2 Å². The van der Waals surface area contributed by atoms with Crippen LogP contribution >= 0.6 is 0 Å². The lowest BCUT2D eigenvalue weighted by atomic mass is 10.5. The molecule has 78 valence electrons. The second-order valence-electron chi connectivity index (χ2n) is 2.68. The van der Waals surface area contributed by atoms with E-state index in [1.165, 1.54) is 12.2 Å². The molecule has 14 heavy (non-hydrogen) atoms. The number of nitrogens with zero attached hydrogens (tertiary/aromatic N) is 1. The maximum Gasteiger partial charge on any atom is 0.253 e. The highest BCUT2D eigenvalue weighted by Gasteiger charge is 2.22. The first-order valence-corrected chi connectivity index (χ1v) is 4.44. The topological polar surface area (TPSA) is 55.8 Å². The summed E-state index contributed by atoms with van der Waals surface area (Å²) in [4.78, 5) is 23.2. The molecule has 1 aliphatic rings. The van der Waals surface area contributed by atoms with E-state index in [1.807, 2.05) is 6.92 Å². The third kappa shape index (κ3) is 2.93. The third-order valence-electron chi connectivity index (χ3n) is 1.73. The molecule has 1 aliphatic heterocycles. The number of hydrogen-bond donors (Lipinski definition) is 0. The summed E-state index contributed by atoms with van der Waals surface area (Å²) in [6.45, 7) is 3.22. The Bertz CT molecular complexity index is 231. The van der Waals surface area contributed by atoms with E-state index in [0.717, 1.165) is 4.90 Å². The minimum atomic E-state index is -0.282. The Morgan fingerprint density at radius 3 is 2.43 bits per heavy atom. The van der Waals surface area contributed by atoms with Gasteiger partial charge >= 0.3 is 0 Å². The normalized spacial score (nSPS) is 15.6. The van der Waals surface area contributed by atoms with Crippen molar-refractivity contribution >= 4 is 11.8 Å². The van der Waals surface area contributed by atoms with Crippen LogP contribution in [-0.2, 0) is 19.1 Å². The first-order chi connectivity index (χ1) is 6.75. The standard InChI is InChI=1S/C9H13NO4/c1-2-13-7-14-6-5-10-8(11)3-4-9(10)12/h3-4H,2,5-7H2,1H3. The summed E-state index contributed by atoms with van der Waals surface area (Å²) in [5.74, 6) is -0.565. The van der Waals surface area contributed by atoms with Crippen LogP contribution in [0.2, 0.25) is 0 Å². The summed E-state index contributed by atoms with van der Waals surface area (Å²) in [6.07, 6.45) is 2.51. The largest absolute Gasteiger partial charge is 0.356 e. The molecular formula is C9H13NO4. The monoisotopic (exact) mass is 199 g/mol. The van der Waals surface area contributed by atoms with Crippen LogP contribution in [0.5, 0.6) is 0 Å². The van der Waals surface area contributed by atoms with Gasteiger partial charge in [-0.3, -0.25) is 14.5 Å². The molecule has 0 bridgehead atoms. The molecule has 0 saturated carbocycles. The van der Waals surface area contributed by atoms with Crippen molar-refractivity contribution in [3.8, 4) is 0 Å². The van der Waals surface area contributed by atoms with Gasteiger partial charge in [0.15, 0.2) is 0 Å². The van der Waals surface area contributed by atoms with Crippen molar-refractivity contribution in [2.24, 2.45) is 0 Å². The van der Waals surface area contributed by atoms with Gasteiger partial charge in [-0.25, -0.2) is 0 Å². The van der Waals surface area contributed by atoms with Crippen LogP contribution in [0.25, 0.3) is 0 Å². The molecule has 5 nitrogen and oxygen atoms in total. The molecule has 0 radical (unpaired) electrons. The second kappa shape index (κ2) is 5.51. The Hall–Kier alpha value is -1.20. The van der Waals surface area contributed by atoms with Gasteiger partial charge in [0, 0.05) is 18.8 Å². The van der Waals surface area contributed by atoms with Crippen LogP contribution in [0.1, 0.15) is 6.92 Å². The van der Waals surface area contributed by atoms with Crippen LogP contribution < -0.4 is 0 Å². The van der Waals surface area contributed by atoms with Gasteiger partial charge in [-0.05, 0) is 6.92 Å². The smallest absolute Gasteiger partial charge is 0.253 e. The Kier molecular flexibility index (Phi) is 4.28. The molecule has 2 amide bonds. The first kappa shape index (κ1) is 10.9. The van der Waals surface area contributed by atoms with Crippen LogP contribution in [0.4, 0.5) is 0 Å². The fraction of sp³-hybridized carbons (Fsp3) is 0.556. The van der Waals surface area contributed by atoms with Crippen LogP contribution in [0.15, 0.2) is 12.2 Å². The Morgan fingerprint density at radius 2 is 1.86 bits per heavy atom. The van der Waals surface area contributed by atoms with Gasteiger partial charge in [-0.15, -0.1) is 0 Å². The molecule has 0 aromatic heterocycles. The van der Waals surface area contributed by atoms with E-state index in [2.05, 4.69) is 0 Å². The summed E-state index contributed by atoms with van der Waals surface area (Å²) in [5.41, 5.74) is 0. The van der Waals surface area contributed by atoms with E-state index in [0.29, 0.717) is 13.2 Å². The molecule has 0 unspecified atom stereocenters. The predicted molar refractivity (Wildman–Crippen MR) is 48.3 cm³/mol. The van der Waals surface area contributed by atoms with Crippen LogP contribution in [0.3, 0.4) is 0 Å². The zero-order valence-corrected chi connectivity index (χ0v) is 8.06. The predicted octanol–water partition coefficient (Wildman–Crippen LogP) is -0.0780. The number of carbonyl (C=O) groups is 2. The molecule has 1 heterocycles. The van der Waals surface area contributed by atoms with E-state index < -0.39 is 0 Å². The highest BCUT2D eigenvalue weighted by Crippen LogP contribution is 2.02. The van der Waals surface area contributed by atoms with Gasteiger partial charge in [-0.2, -0.15) is 0 Å². The van der Waals surface area contributed by atoms with Crippen molar-refractivity contribution in [2.45, 2.75) is 6.92 Å². The van der Waals surface area contributed by atoms with Gasteiger partial charge in [0.1, 0.15) is 6.79 Å². The van der Waals surface area contributed by atoms with Crippen molar-refractivity contribution < 1.29 is 19.1 Å². The van der Waals surface area contributed by atoms with E-state index in [9.17, 15) is 9.59 Å². The highest BCUT2D eigenvalue weighted by atomic mass is 16.7. The average molecular weight is 199 g/mol. The van der Waals surface area contributed by atoms with E-state index in [4.69, 9.17) is 9.47 Å². The summed E-state index contributed by atoms with van der Waals surface area (Å²) >= 11 is 0. The fourth-order valence-electron chi connectivity index (χ4n) is 1.01. The van der Waals surface area contributed by atoms with Crippen molar-refractivity contribution in [2.75, 3.05) is 26.6 Å². The molecular weight excluding hydrogens is 186 g/mol. The minimum Gasteiger partial charge on any atom is -0.356 e. The van der Waals surface area contributed by atoms with Gasteiger partial charge < -0.3 is 9.47 Å². The quantitative estimate of drug-likeness (QED) is 0.341. The molecule has 0 aromatic carbocycles. The van der Waals surface area contributed by atoms with Gasteiger partial charge in [-0.1, -0.05) is 0 Å². The van der Waals surface area contributed by atoms with Gasteiger partial charge in [0.05, 0.1) is 13.2 Å². The molecule has 5 heteroatoms. The Balaban J connectivity index is 2.13. The molecule has 0 saturated heterocycles. The molecule has 0 aliphatic carbocycles. The zero-order chi connectivity index (χ0) is 10.4. The lowest BCUT2D eigenvalue weighted by molar-refractivity contribution is -0.138. The van der Waals surface area contributed by atoms with E-state index >= 15 is 0 Å². The number of amides is 2. The first-order valence-electron chi connectivity index (χ1n) is 4.44. The highest BCUT2D eigenvalue weighted by molar-refractivity contribution is 6.12. The van der Waals surface area contributed by atoms with Gasteiger partial charge in [0.2, 0.25) is 0 Å². The molecule has 0 fully saturated rings. The number of carbonyl (C=O) groups excluding carboxylic acids is 2. The van der Waals surface area contributed by atoms with Gasteiger partial charge in [0.25, 0.3) is 11.8 Å². The number of imide groups is 1. The zero-order valence-electron chi connectivity index (χ0n) is 8.06. The summed E-state index contributed by atoms with van der Waals surface area (Å²) in [6, 6.07) is 0. The second-order valence-corrected chi connectivity index (χ2v) is 2.68. The maximum absolute atomic E-state index is 11.0. The summed E-state index contributed by atoms with van der Waals surface area (Å²) in [7, 11) is 0. The molecule has 0 aromatic rings. The van der Waals surface area contributed by atoms with Crippen molar-refractivity contribution in [3.63, 3.8) is 0 Å². The number of rotatable bonds is 6.